The number of hydrogen-bond donors (Lipinski definition) is 1. The number of fused-ring (bicyclic) bond motifs is 1. The summed E-state index contributed by atoms with van der Waals surface area (Å²) < 4.78 is 81.4. The second-order valence-corrected chi connectivity index (χ2v) is 12.2. The van der Waals surface area contributed by atoms with Crippen LogP contribution in [0.2, 0.25) is 0 Å². The van der Waals surface area contributed by atoms with Gasteiger partial charge in [0.25, 0.3) is 0 Å². The average Bonchev–Trinajstić information content (AvgIpc) is 3.61. The van der Waals surface area contributed by atoms with Gasteiger partial charge in [-0.15, -0.1) is 23.4 Å². The topological polar surface area (TPSA) is 78.2 Å². The minimum Gasteiger partial charge on any atom is -0.406 e. The van der Waals surface area contributed by atoms with Crippen LogP contribution in [-0.4, -0.2) is 60.0 Å². The van der Waals surface area contributed by atoms with Crippen molar-refractivity contribution in [1.82, 2.24) is 15.1 Å². The van der Waals surface area contributed by atoms with Gasteiger partial charge in [0.1, 0.15) is 16.1 Å². The minimum atomic E-state index is -4.79. The normalized spacial score (nSPS) is 16.5. The first-order chi connectivity index (χ1) is 22.4. The van der Waals surface area contributed by atoms with Gasteiger partial charge >= 0.3 is 12.5 Å². The number of benzene rings is 3. The van der Waals surface area contributed by atoms with E-state index in [0.717, 1.165) is 74.3 Å². The Hall–Kier alpha value is -4.50. The van der Waals surface area contributed by atoms with Crippen molar-refractivity contribution in [3.05, 3.63) is 76.3 Å². The van der Waals surface area contributed by atoms with E-state index in [2.05, 4.69) is 37.0 Å². The van der Waals surface area contributed by atoms with Gasteiger partial charge in [0, 0.05) is 42.5 Å². The Morgan fingerprint density at radius 1 is 0.851 bits per heavy atom. The highest BCUT2D eigenvalue weighted by Crippen LogP contribution is 2.37. The van der Waals surface area contributed by atoms with Crippen LogP contribution in [0, 0.1) is 0 Å². The van der Waals surface area contributed by atoms with E-state index in [0.29, 0.717) is 38.1 Å². The lowest BCUT2D eigenvalue weighted by molar-refractivity contribution is -0.274. The molecule has 0 atom stereocenters. The number of hydrogen-bond acceptors (Lipinski definition) is 9. The summed E-state index contributed by atoms with van der Waals surface area (Å²) in [6.45, 7) is 6.38. The number of nitrogens with one attached hydrogen (secondary N) is 1. The molecule has 2 fully saturated rings. The summed E-state index contributed by atoms with van der Waals surface area (Å²) in [7, 11) is 0. The van der Waals surface area contributed by atoms with Crippen LogP contribution in [0.5, 0.6) is 5.75 Å². The maximum atomic E-state index is 13.1. The Balaban J connectivity index is 1.27. The molecule has 3 heterocycles. The van der Waals surface area contributed by atoms with Crippen molar-refractivity contribution in [2.75, 3.05) is 42.9 Å². The molecule has 1 saturated heterocycles. The van der Waals surface area contributed by atoms with Crippen molar-refractivity contribution in [2.45, 2.75) is 32.3 Å². The van der Waals surface area contributed by atoms with Crippen molar-refractivity contribution in [1.29, 1.82) is 0 Å². The number of aliphatic imine (C=N–C) groups is 1. The predicted octanol–water partition coefficient (Wildman–Crippen LogP) is 6.66. The third-order valence-electron chi connectivity index (χ3n) is 8.18. The van der Waals surface area contributed by atoms with E-state index in [1.54, 1.807) is 0 Å². The molecule has 1 N–H and O–H groups in total. The maximum absolute atomic E-state index is 13.1. The number of halogens is 6. The smallest absolute Gasteiger partial charge is 0.406 e. The summed E-state index contributed by atoms with van der Waals surface area (Å²) in [5, 5.41) is 14.6. The summed E-state index contributed by atoms with van der Waals surface area (Å²) in [5.41, 5.74) is 3.87. The fraction of sp³-hybridized carbons (Fsp3) is 0.312. The Labute approximate surface area is 268 Å². The number of aromatic nitrogens is 2. The molecule has 3 aromatic carbocycles. The van der Waals surface area contributed by atoms with Crippen LogP contribution in [0.3, 0.4) is 0 Å². The molecule has 7 rings (SSSR count). The predicted molar refractivity (Wildman–Crippen MR) is 167 cm³/mol. The van der Waals surface area contributed by atoms with Crippen molar-refractivity contribution >= 4 is 44.9 Å². The number of alkyl halides is 6. The van der Waals surface area contributed by atoms with E-state index in [1.807, 2.05) is 6.07 Å². The number of anilines is 3. The third kappa shape index (κ3) is 6.67. The van der Waals surface area contributed by atoms with Gasteiger partial charge in [-0.3, -0.25) is 0 Å². The molecule has 0 amide bonds. The molecule has 47 heavy (non-hydrogen) atoms. The lowest BCUT2D eigenvalue weighted by Gasteiger charge is -2.36. The maximum Gasteiger partial charge on any atom is 0.573 e. The van der Waals surface area contributed by atoms with Gasteiger partial charge in [-0.1, -0.05) is 36.0 Å². The summed E-state index contributed by atoms with van der Waals surface area (Å²) in [6, 6.07) is 12.2. The molecule has 1 aliphatic carbocycles. The number of piperazine rings is 1. The highest BCUT2D eigenvalue weighted by Gasteiger charge is 2.32. The first kappa shape index (κ1) is 31.1. The van der Waals surface area contributed by atoms with Gasteiger partial charge in [-0.25, -0.2) is 9.98 Å². The van der Waals surface area contributed by atoms with E-state index in [-0.39, 0.29) is 5.75 Å². The molecule has 0 radical (unpaired) electrons. The van der Waals surface area contributed by atoms with Crippen LogP contribution >= 0.6 is 11.3 Å². The highest BCUT2D eigenvalue weighted by molar-refractivity contribution is 7.18. The molecule has 0 bridgehead atoms. The van der Waals surface area contributed by atoms with Crippen LogP contribution in [0.25, 0.3) is 16.1 Å². The van der Waals surface area contributed by atoms with Gasteiger partial charge in [-0.2, -0.15) is 13.2 Å². The number of likely N-dealkylation sites (N-methyl/N-ethyl adjacent to an activating group) is 1. The minimum absolute atomic E-state index is 0.334. The quantitative estimate of drug-likeness (QED) is 0.222. The fourth-order valence-electron chi connectivity index (χ4n) is 5.66. The van der Waals surface area contributed by atoms with E-state index < -0.39 is 18.1 Å². The van der Waals surface area contributed by atoms with Crippen molar-refractivity contribution in [3.63, 3.8) is 0 Å². The largest absolute Gasteiger partial charge is 0.573 e. The Morgan fingerprint density at radius 3 is 2.15 bits per heavy atom. The molecule has 4 aromatic rings. The molecule has 0 unspecified atom stereocenters. The van der Waals surface area contributed by atoms with Crippen LogP contribution < -0.4 is 25.5 Å². The first-order valence-electron chi connectivity index (χ1n) is 14.9. The molecule has 15 heteroatoms. The van der Waals surface area contributed by atoms with Gasteiger partial charge in [-0.05, 0) is 61.9 Å². The zero-order chi connectivity index (χ0) is 32.9. The zero-order valence-electron chi connectivity index (χ0n) is 24.9. The molecule has 0 spiro atoms. The Morgan fingerprint density at radius 2 is 1.53 bits per heavy atom. The van der Waals surface area contributed by atoms with Gasteiger partial charge < -0.3 is 19.9 Å². The summed E-state index contributed by atoms with van der Waals surface area (Å²) in [6.07, 6.45) is -7.49. The fourth-order valence-corrected chi connectivity index (χ4v) is 6.41. The van der Waals surface area contributed by atoms with Crippen LogP contribution in [0.15, 0.2) is 64.6 Å². The number of rotatable bonds is 7. The number of nitrogens with zero attached hydrogens (tertiary/aromatic N) is 6. The van der Waals surface area contributed by atoms with Gasteiger partial charge in [0.05, 0.1) is 22.6 Å². The molecule has 244 valence electrons. The summed E-state index contributed by atoms with van der Waals surface area (Å²) >= 11 is 1.23. The van der Waals surface area contributed by atoms with Gasteiger partial charge in [0.15, 0.2) is 5.84 Å². The van der Waals surface area contributed by atoms with E-state index in [4.69, 9.17) is 9.98 Å². The number of ether oxygens (including phenoxy) is 1. The van der Waals surface area contributed by atoms with Crippen molar-refractivity contribution in [3.8, 4) is 16.3 Å². The molecule has 2 aliphatic heterocycles. The van der Waals surface area contributed by atoms with Crippen LogP contribution in [0.4, 0.5) is 48.5 Å². The summed E-state index contributed by atoms with van der Waals surface area (Å²) in [5.74, 6) is 0.0415. The monoisotopic (exact) mass is 671 g/mol. The van der Waals surface area contributed by atoms with E-state index in [9.17, 15) is 26.3 Å². The molecular formula is C32H27F6N7OS. The van der Waals surface area contributed by atoms with E-state index in [1.165, 1.54) is 53.3 Å². The lowest BCUT2D eigenvalue weighted by atomic mass is 10.1. The second-order valence-electron chi connectivity index (χ2n) is 11.3. The third-order valence-corrected chi connectivity index (χ3v) is 9.07. The zero-order valence-corrected chi connectivity index (χ0v) is 25.7. The van der Waals surface area contributed by atoms with E-state index >= 15 is 0 Å². The van der Waals surface area contributed by atoms with Crippen LogP contribution in [0.1, 0.15) is 30.9 Å². The molecular weight excluding hydrogens is 644 g/mol. The average molecular weight is 672 g/mol. The molecule has 8 nitrogen and oxygen atoms in total. The highest BCUT2D eigenvalue weighted by atomic mass is 32.1. The lowest BCUT2D eigenvalue weighted by Crippen LogP contribution is -2.47. The summed E-state index contributed by atoms with van der Waals surface area (Å²) in [4.78, 5) is 14.3. The Bertz CT molecular complexity index is 1960. The molecule has 3 aliphatic rings. The van der Waals surface area contributed by atoms with Gasteiger partial charge in [0.2, 0.25) is 5.13 Å². The standard InChI is InChI=1S/C32H27F6N7OS/c1-2-44-13-15-45(16-14-44)24-17-23-26(40-28(39-23)19-7-11-22(12-8-19)46-32(36,37)38)25(18-3-4-18)27(24)41-30-43-42-29(47-30)20-5-9-21(10-6-20)31(33,34)35/h5-12,17H,2-4,13-16H2,1H3,(H,41,43). The molecule has 1 aromatic heterocycles. The number of amidine groups is 1. The van der Waals surface area contributed by atoms with Crippen molar-refractivity contribution < 1.29 is 31.1 Å². The second kappa shape index (κ2) is 11.9. The SMILES string of the molecule is CCN1CCN(c2cc3c(c(=C4CC4)c2Nc2nnc(-c4ccc(C(F)(F)F)cc4)s2)=NC(c2ccc(OC(F)(F)F)cc2)=N3)CC1. The Kier molecular flexibility index (Phi) is 7.91. The van der Waals surface area contributed by atoms with Crippen molar-refractivity contribution in [2.24, 2.45) is 9.98 Å². The first-order valence-corrected chi connectivity index (χ1v) is 15.7. The van der Waals surface area contributed by atoms with Crippen LogP contribution in [-0.2, 0) is 6.18 Å². The molecule has 1 saturated carbocycles.